The van der Waals surface area contributed by atoms with Gasteiger partial charge in [-0.2, -0.15) is 0 Å². The average molecular weight is 272 g/mol. The standard InChI is InChI=1S/C13H17NO3.ClH/c1-3-4-5-10(14)11-9(13(16)17)7-6-8(2)12(11)15;/h3,6-7,10,15H,1,4-5,14H2,2H3,(H,16,17);1H/t10-;/m0./s1. The molecule has 1 aromatic rings. The van der Waals surface area contributed by atoms with Crippen molar-refractivity contribution < 1.29 is 15.0 Å². The highest BCUT2D eigenvalue weighted by Crippen LogP contribution is 2.32. The Kier molecular flexibility index (Phi) is 6.44. The van der Waals surface area contributed by atoms with Gasteiger partial charge < -0.3 is 15.9 Å². The summed E-state index contributed by atoms with van der Waals surface area (Å²) in [6.45, 7) is 5.30. The van der Waals surface area contributed by atoms with Gasteiger partial charge in [0, 0.05) is 11.6 Å². The van der Waals surface area contributed by atoms with Gasteiger partial charge in [0.1, 0.15) is 5.75 Å². The number of carboxylic acids is 1. The first kappa shape index (κ1) is 16.5. The van der Waals surface area contributed by atoms with E-state index in [9.17, 15) is 9.90 Å². The van der Waals surface area contributed by atoms with E-state index in [0.717, 1.165) is 0 Å². The summed E-state index contributed by atoms with van der Waals surface area (Å²) < 4.78 is 0. The molecule has 4 N–H and O–H groups in total. The number of phenolic OH excluding ortho intramolecular Hbond substituents is 1. The Balaban J connectivity index is 0.00000289. The van der Waals surface area contributed by atoms with E-state index in [1.165, 1.54) is 6.07 Å². The van der Waals surface area contributed by atoms with Crippen molar-refractivity contribution in [3.8, 4) is 5.75 Å². The van der Waals surface area contributed by atoms with Gasteiger partial charge in [0.2, 0.25) is 0 Å². The second-order valence-corrected chi connectivity index (χ2v) is 3.97. The van der Waals surface area contributed by atoms with Crippen molar-refractivity contribution >= 4 is 18.4 Å². The van der Waals surface area contributed by atoms with E-state index in [-0.39, 0.29) is 23.7 Å². The van der Waals surface area contributed by atoms with Crippen LogP contribution in [0.4, 0.5) is 0 Å². The third kappa shape index (κ3) is 3.48. The number of hydrogen-bond donors (Lipinski definition) is 3. The molecular weight excluding hydrogens is 254 g/mol. The number of phenols is 1. The largest absolute Gasteiger partial charge is 0.507 e. The lowest BCUT2D eigenvalue weighted by atomic mass is 9.94. The Labute approximate surface area is 113 Å². The van der Waals surface area contributed by atoms with Gasteiger partial charge in [-0.15, -0.1) is 19.0 Å². The quantitative estimate of drug-likeness (QED) is 0.719. The normalized spacial score (nSPS) is 11.4. The molecule has 1 rings (SSSR count). The molecule has 0 saturated heterocycles. The number of halogens is 1. The van der Waals surface area contributed by atoms with Crippen molar-refractivity contribution in [3.05, 3.63) is 41.5 Å². The summed E-state index contributed by atoms with van der Waals surface area (Å²) in [5.74, 6) is -1.11. The van der Waals surface area contributed by atoms with Crippen LogP contribution in [0.15, 0.2) is 24.8 Å². The van der Waals surface area contributed by atoms with Crippen molar-refractivity contribution in [2.45, 2.75) is 25.8 Å². The zero-order valence-electron chi connectivity index (χ0n) is 10.2. The predicted molar refractivity (Wildman–Crippen MR) is 73.4 cm³/mol. The van der Waals surface area contributed by atoms with Crippen LogP contribution in [0.3, 0.4) is 0 Å². The van der Waals surface area contributed by atoms with E-state index in [0.29, 0.717) is 24.0 Å². The molecule has 1 atom stereocenters. The van der Waals surface area contributed by atoms with Gasteiger partial charge in [0.25, 0.3) is 0 Å². The van der Waals surface area contributed by atoms with Crippen LogP contribution in [-0.4, -0.2) is 16.2 Å². The minimum Gasteiger partial charge on any atom is -0.507 e. The first-order valence-corrected chi connectivity index (χ1v) is 5.41. The molecule has 0 bridgehead atoms. The third-order valence-corrected chi connectivity index (χ3v) is 2.70. The van der Waals surface area contributed by atoms with Crippen LogP contribution in [-0.2, 0) is 0 Å². The van der Waals surface area contributed by atoms with Crippen LogP contribution in [0.2, 0.25) is 0 Å². The molecule has 100 valence electrons. The number of rotatable bonds is 5. The molecule has 0 unspecified atom stereocenters. The fraction of sp³-hybridized carbons (Fsp3) is 0.308. The summed E-state index contributed by atoms with van der Waals surface area (Å²) in [6.07, 6.45) is 2.95. The lowest BCUT2D eigenvalue weighted by molar-refractivity contribution is 0.0694. The van der Waals surface area contributed by atoms with Crippen LogP contribution in [0.25, 0.3) is 0 Å². The third-order valence-electron chi connectivity index (χ3n) is 2.70. The van der Waals surface area contributed by atoms with E-state index in [2.05, 4.69) is 6.58 Å². The molecule has 1 aromatic carbocycles. The van der Waals surface area contributed by atoms with Crippen LogP contribution in [0.5, 0.6) is 5.75 Å². The molecule has 18 heavy (non-hydrogen) atoms. The molecule has 0 heterocycles. The number of carbonyl (C=O) groups is 1. The smallest absolute Gasteiger partial charge is 0.336 e. The first-order chi connectivity index (χ1) is 7.99. The van der Waals surface area contributed by atoms with E-state index in [1.807, 2.05) is 0 Å². The molecule has 0 aliphatic carbocycles. The fourth-order valence-corrected chi connectivity index (χ4v) is 1.72. The molecule has 0 radical (unpaired) electrons. The molecule has 0 aliphatic rings. The average Bonchev–Trinajstić information content (AvgIpc) is 2.28. The maximum absolute atomic E-state index is 11.1. The highest BCUT2D eigenvalue weighted by molar-refractivity contribution is 5.90. The Bertz CT molecular complexity index is 446. The molecule has 0 aromatic heterocycles. The maximum atomic E-state index is 11.1. The predicted octanol–water partition coefficient (Wildman–Crippen LogP) is 2.79. The van der Waals surface area contributed by atoms with E-state index >= 15 is 0 Å². The molecule has 0 fully saturated rings. The lowest BCUT2D eigenvalue weighted by Gasteiger charge is -2.17. The first-order valence-electron chi connectivity index (χ1n) is 5.41. The van der Waals surface area contributed by atoms with Gasteiger partial charge in [-0.25, -0.2) is 4.79 Å². The second kappa shape index (κ2) is 7.03. The van der Waals surface area contributed by atoms with Gasteiger partial charge >= 0.3 is 5.97 Å². The number of benzene rings is 1. The van der Waals surface area contributed by atoms with Crippen molar-refractivity contribution in [2.24, 2.45) is 5.73 Å². The van der Waals surface area contributed by atoms with Gasteiger partial charge in [-0.1, -0.05) is 12.1 Å². The van der Waals surface area contributed by atoms with Crippen molar-refractivity contribution in [2.75, 3.05) is 0 Å². The van der Waals surface area contributed by atoms with Crippen LogP contribution < -0.4 is 5.73 Å². The highest BCUT2D eigenvalue weighted by atomic mass is 35.5. The van der Waals surface area contributed by atoms with Gasteiger partial charge in [-0.05, 0) is 31.4 Å². The summed E-state index contributed by atoms with van der Waals surface area (Å²) in [7, 11) is 0. The molecular formula is C13H18ClNO3. The molecule has 0 spiro atoms. The topological polar surface area (TPSA) is 83.6 Å². The van der Waals surface area contributed by atoms with Crippen molar-refractivity contribution in [1.29, 1.82) is 0 Å². The number of aryl methyl sites for hydroxylation is 1. The Morgan fingerprint density at radius 1 is 1.56 bits per heavy atom. The zero-order valence-corrected chi connectivity index (χ0v) is 11.0. The fourth-order valence-electron chi connectivity index (χ4n) is 1.72. The van der Waals surface area contributed by atoms with Gasteiger partial charge in [0.15, 0.2) is 0 Å². The number of carboxylic acid groups (broad SMARTS) is 1. The monoisotopic (exact) mass is 271 g/mol. The van der Waals surface area contributed by atoms with Crippen LogP contribution in [0.1, 0.15) is 40.4 Å². The van der Waals surface area contributed by atoms with Crippen molar-refractivity contribution in [1.82, 2.24) is 0 Å². The summed E-state index contributed by atoms with van der Waals surface area (Å²) in [6, 6.07) is 2.54. The Morgan fingerprint density at radius 3 is 2.67 bits per heavy atom. The number of nitrogens with two attached hydrogens (primary N) is 1. The van der Waals surface area contributed by atoms with Crippen LogP contribution in [0, 0.1) is 6.92 Å². The highest BCUT2D eigenvalue weighted by Gasteiger charge is 2.20. The second-order valence-electron chi connectivity index (χ2n) is 3.97. The van der Waals surface area contributed by atoms with Gasteiger partial charge in [0.05, 0.1) is 5.56 Å². The number of aromatic hydroxyl groups is 1. The van der Waals surface area contributed by atoms with Crippen molar-refractivity contribution in [3.63, 3.8) is 0 Å². The lowest BCUT2D eigenvalue weighted by Crippen LogP contribution is -2.15. The Hall–Kier alpha value is -1.52. The van der Waals surface area contributed by atoms with E-state index in [4.69, 9.17) is 10.8 Å². The minimum atomic E-state index is -1.08. The molecule has 4 nitrogen and oxygen atoms in total. The summed E-state index contributed by atoms with van der Waals surface area (Å²) in [5.41, 5.74) is 6.91. The van der Waals surface area contributed by atoms with E-state index in [1.54, 1.807) is 19.1 Å². The number of hydrogen-bond acceptors (Lipinski definition) is 3. The van der Waals surface area contributed by atoms with Crippen LogP contribution >= 0.6 is 12.4 Å². The molecule has 0 aliphatic heterocycles. The van der Waals surface area contributed by atoms with E-state index < -0.39 is 12.0 Å². The summed E-state index contributed by atoms with van der Waals surface area (Å²) in [5, 5.41) is 19.0. The zero-order chi connectivity index (χ0) is 13.0. The SMILES string of the molecule is C=CCC[C@H](N)c1c(C(=O)O)ccc(C)c1O.Cl. The molecule has 0 amide bonds. The molecule has 0 saturated carbocycles. The summed E-state index contributed by atoms with van der Waals surface area (Å²) >= 11 is 0. The van der Waals surface area contributed by atoms with Gasteiger partial charge in [-0.3, -0.25) is 0 Å². The summed E-state index contributed by atoms with van der Waals surface area (Å²) in [4.78, 5) is 11.1. The number of aromatic carboxylic acids is 1. The number of allylic oxidation sites excluding steroid dienone is 1. The Morgan fingerprint density at radius 2 is 2.17 bits per heavy atom. The maximum Gasteiger partial charge on any atom is 0.336 e. The minimum absolute atomic E-state index is 0. The molecule has 5 heteroatoms.